The maximum Gasteiger partial charge on any atom is 0.319 e. The quantitative estimate of drug-likeness (QED) is 0.489. The van der Waals surface area contributed by atoms with Crippen LogP contribution in [0.5, 0.6) is 0 Å². The van der Waals surface area contributed by atoms with Crippen LogP contribution in [0.1, 0.15) is 12.1 Å². The molecule has 0 aliphatic carbocycles. The number of ether oxygens (including phenoxy) is 1. The van der Waals surface area contributed by atoms with E-state index >= 15 is 0 Å². The lowest BCUT2D eigenvalue weighted by Crippen LogP contribution is -2.54. The number of hydrogen-bond donors (Lipinski definition) is 0. The molecule has 0 amide bonds. The van der Waals surface area contributed by atoms with Gasteiger partial charge in [-0.1, -0.05) is 27.3 Å². The van der Waals surface area contributed by atoms with Crippen LogP contribution in [0.2, 0.25) is 0 Å². The fourth-order valence-corrected chi connectivity index (χ4v) is 4.83. The summed E-state index contributed by atoms with van der Waals surface area (Å²) in [5.74, 6) is 1.19. The van der Waals surface area contributed by atoms with Crippen LogP contribution in [0.25, 0.3) is 0 Å². The zero-order valence-electron chi connectivity index (χ0n) is 12.5. The lowest BCUT2D eigenvalue weighted by molar-refractivity contribution is 0.0802. The summed E-state index contributed by atoms with van der Waals surface area (Å²) in [6.07, 6.45) is 4.30. The number of nitrogens with zero attached hydrogens (tertiary/aromatic N) is 7. The smallest absolute Gasteiger partial charge is 0.319 e. The van der Waals surface area contributed by atoms with E-state index in [0.29, 0.717) is 12.6 Å². The van der Waals surface area contributed by atoms with Crippen molar-refractivity contribution in [1.82, 2.24) is 29.7 Å². The fourth-order valence-electron chi connectivity index (χ4n) is 2.77. The average Bonchev–Trinajstić information content (AvgIpc) is 3.49. The predicted octanol–water partition coefficient (Wildman–Crippen LogP) is 3.19. The third-order valence-corrected chi connectivity index (χ3v) is 5.99. The zero-order valence-corrected chi connectivity index (χ0v) is 14.9. The lowest BCUT2D eigenvalue weighted by atomic mass is 10.5. The number of hydrogen-bond acceptors (Lipinski definition) is 11. The standard InChI is InChI=1S/C13H10N7O2S3/c1-2-24-13(15-1)20(9-4-23-7-16-9)8-22-12(11-18-17-5-21-11)19(20)10-3-14-6-25-10/h1-7,12H,8H2/q+1. The Bertz CT molecular complexity index is 891. The van der Waals surface area contributed by atoms with Gasteiger partial charge in [-0.05, 0) is 0 Å². The highest BCUT2D eigenvalue weighted by molar-refractivity contribution is 7.14. The predicted molar refractivity (Wildman–Crippen MR) is 93.3 cm³/mol. The van der Waals surface area contributed by atoms with Gasteiger partial charge in [-0.15, -0.1) is 21.5 Å². The second-order valence-corrected chi connectivity index (χ2v) is 7.50. The Morgan fingerprint density at radius 1 is 1.24 bits per heavy atom. The molecule has 12 heteroatoms. The molecule has 5 heterocycles. The van der Waals surface area contributed by atoms with Crippen molar-refractivity contribution in [3.63, 3.8) is 0 Å². The molecule has 0 N–H and O–H groups in total. The van der Waals surface area contributed by atoms with Crippen molar-refractivity contribution in [1.29, 1.82) is 0 Å². The first-order valence-electron chi connectivity index (χ1n) is 7.12. The summed E-state index contributed by atoms with van der Waals surface area (Å²) < 4.78 is 11.7. The molecule has 5 rings (SSSR count). The number of quaternary nitrogens is 1. The molecule has 1 fully saturated rings. The Balaban J connectivity index is 1.74. The van der Waals surface area contributed by atoms with E-state index in [-0.39, 0.29) is 4.59 Å². The van der Waals surface area contributed by atoms with Crippen LogP contribution in [-0.2, 0) is 4.74 Å². The Labute approximate surface area is 153 Å². The van der Waals surface area contributed by atoms with E-state index in [2.05, 4.69) is 25.1 Å². The van der Waals surface area contributed by atoms with Crippen molar-refractivity contribution < 1.29 is 9.15 Å². The average molecular weight is 392 g/mol. The Morgan fingerprint density at radius 3 is 2.92 bits per heavy atom. The molecule has 0 aromatic carbocycles. The minimum atomic E-state index is -0.562. The normalized spacial score (nSPS) is 23.4. The highest BCUT2D eigenvalue weighted by Crippen LogP contribution is 2.49. The molecule has 1 aliphatic rings. The van der Waals surface area contributed by atoms with E-state index in [1.165, 1.54) is 40.4 Å². The third kappa shape index (κ3) is 2.22. The van der Waals surface area contributed by atoms with Gasteiger partial charge in [0.25, 0.3) is 17.9 Å². The summed E-state index contributed by atoms with van der Waals surface area (Å²) in [6, 6.07) is 0. The van der Waals surface area contributed by atoms with Crippen LogP contribution in [0.4, 0.5) is 16.0 Å². The molecule has 0 saturated carbocycles. The van der Waals surface area contributed by atoms with Crippen LogP contribution < -0.4 is 9.60 Å². The van der Waals surface area contributed by atoms with Crippen LogP contribution in [0.15, 0.2) is 45.0 Å². The molecule has 0 bridgehead atoms. The molecule has 2 atom stereocenters. The van der Waals surface area contributed by atoms with Crippen LogP contribution in [0.3, 0.4) is 0 Å². The topological polar surface area (TPSA) is 90.1 Å². The van der Waals surface area contributed by atoms with Crippen LogP contribution >= 0.6 is 34.0 Å². The van der Waals surface area contributed by atoms with Crippen molar-refractivity contribution >= 4 is 50.0 Å². The Hall–Kier alpha value is -2.25. The monoisotopic (exact) mass is 392 g/mol. The molecule has 9 nitrogen and oxygen atoms in total. The summed E-state index contributed by atoms with van der Waals surface area (Å²) in [7, 11) is 0. The van der Waals surface area contributed by atoms with Crippen molar-refractivity contribution in [2.24, 2.45) is 0 Å². The Kier molecular flexibility index (Phi) is 3.57. The van der Waals surface area contributed by atoms with Crippen molar-refractivity contribution in [2.45, 2.75) is 6.23 Å². The largest absolute Gasteiger partial charge is 0.423 e. The van der Waals surface area contributed by atoms with Crippen molar-refractivity contribution in [3.8, 4) is 0 Å². The molecule has 0 radical (unpaired) electrons. The van der Waals surface area contributed by atoms with Crippen LogP contribution in [-0.4, -0.2) is 31.9 Å². The van der Waals surface area contributed by atoms with Gasteiger partial charge in [0.2, 0.25) is 13.1 Å². The minimum Gasteiger partial charge on any atom is -0.423 e. The number of rotatable bonds is 4. The summed E-state index contributed by atoms with van der Waals surface area (Å²) >= 11 is 4.56. The van der Waals surface area contributed by atoms with E-state index in [9.17, 15) is 0 Å². The van der Waals surface area contributed by atoms with E-state index < -0.39 is 6.23 Å². The van der Waals surface area contributed by atoms with Gasteiger partial charge < -0.3 is 4.42 Å². The molecule has 4 aromatic rings. The lowest BCUT2D eigenvalue weighted by Gasteiger charge is -2.34. The molecular formula is C13H10N7O2S3+. The first kappa shape index (κ1) is 15.0. The van der Waals surface area contributed by atoms with Gasteiger partial charge in [-0.25, -0.2) is 0 Å². The number of aromatic nitrogens is 5. The molecule has 4 aromatic heterocycles. The molecule has 1 aliphatic heterocycles. The second kappa shape index (κ2) is 5.93. The van der Waals surface area contributed by atoms with E-state index in [0.717, 1.165) is 16.0 Å². The Morgan fingerprint density at radius 2 is 2.24 bits per heavy atom. The van der Waals surface area contributed by atoms with Crippen molar-refractivity contribution in [2.75, 3.05) is 11.7 Å². The van der Waals surface area contributed by atoms with Crippen molar-refractivity contribution in [3.05, 3.63) is 46.5 Å². The summed E-state index contributed by atoms with van der Waals surface area (Å²) in [4.78, 5) is 13.3. The second-order valence-electron chi connectivity index (χ2n) is 5.04. The van der Waals surface area contributed by atoms with Gasteiger partial charge in [0.1, 0.15) is 0 Å². The van der Waals surface area contributed by atoms with E-state index in [4.69, 9.17) is 9.15 Å². The van der Waals surface area contributed by atoms with E-state index in [1.807, 2.05) is 15.8 Å². The van der Waals surface area contributed by atoms with Gasteiger partial charge in [-0.2, -0.15) is 15.0 Å². The zero-order chi connectivity index (χ0) is 16.7. The number of thiazole rings is 3. The SMILES string of the molecule is c1csc([N+]2(c3cscn3)COC(c3nnco3)N2c2cncs2)n1. The summed E-state index contributed by atoms with van der Waals surface area (Å²) in [5.41, 5.74) is 3.57. The van der Waals surface area contributed by atoms with Crippen LogP contribution in [0, 0.1) is 0 Å². The highest BCUT2D eigenvalue weighted by Gasteiger charge is 2.57. The molecule has 25 heavy (non-hydrogen) atoms. The van der Waals surface area contributed by atoms with Gasteiger partial charge in [0.15, 0.2) is 5.00 Å². The molecule has 2 unspecified atom stereocenters. The molecule has 1 saturated heterocycles. The summed E-state index contributed by atoms with van der Waals surface area (Å²) in [5, 5.41) is 15.5. The minimum absolute atomic E-state index is 0.191. The molecular weight excluding hydrogens is 382 g/mol. The van der Waals surface area contributed by atoms with Gasteiger partial charge in [0.05, 0.1) is 22.6 Å². The van der Waals surface area contributed by atoms with Gasteiger partial charge in [0, 0.05) is 11.6 Å². The summed E-state index contributed by atoms with van der Waals surface area (Å²) in [6.45, 7) is 0.308. The van der Waals surface area contributed by atoms with Gasteiger partial charge >= 0.3 is 5.13 Å². The van der Waals surface area contributed by atoms with E-state index in [1.54, 1.807) is 23.4 Å². The third-order valence-electron chi connectivity index (χ3n) is 3.78. The maximum atomic E-state index is 6.11. The maximum absolute atomic E-state index is 6.11. The fraction of sp³-hybridized carbons (Fsp3) is 0.154. The highest BCUT2D eigenvalue weighted by atomic mass is 32.1. The first-order valence-corrected chi connectivity index (χ1v) is 9.82. The van der Waals surface area contributed by atoms with Gasteiger partial charge in [-0.3, -0.25) is 9.72 Å². The molecule has 126 valence electrons. The first-order chi connectivity index (χ1) is 12.4. The molecule has 0 spiro atoms. The number of anilines is 1.